The number of rotatable bonds is 4. The van der Waals surface area contributed by atoms with Gasteiger partial charge in [0.15, 0.2) is 0 Å². The van der Waals surface area contributed by atoms with Crippen molar-refractivity contribution in [1.29, 1.82) is 0 Å². The summed E-state index contributed by atoms with van der Waals surface area (Å²) in [5.74, 6) is -3.52. The Kier molecular flexibility index (Phi) is 4.70. The number of hydrogen-bond donors (Lipinski definition) is 4. The molecular formula is C19H13ClN2O5. The number of carbonyl (C=O) groups is 2. The zero-order chi connectivity index (χ0) is 19.7. The number of carboxylic acid groups (broad SMARTS) is 2. The normalized spacial score (nSPS) is 10.6. The van der Waals surface area contributed by atoms with Crippen LogP contribution in [-0.4, -0.2) is 27.1 Å². The Morgan fingerprint density at radius 2 is 1.56 bits per heavy atom. The molecule has 1 heterocycles. The van der Waals surface area contributed by atoms with E-state index >= 15 is 0 Å². The van der Waals surface area contributed by atoms with Gasteiger partial charge in [0.25, 0.3) is 5.56 Å². The van der Waals surface area contributed by atoms with Crippen LogP contribution in [0.4, 0.5) is 5.82 Å². The van der Waals surface area contributed by atoms with Gasteiger partial charge in [-0.05, 0) is 17.2 Å². The number of nitrogens with one attached hydrogen (secondary N) is 1. The number of carboxylic acids is 2. The van der Waals surface area contributed by atoms with Gasteiger partial charge in [0, 0.05) is 16.1 Å². The highest BCUT2D eigenvalue weighted by Crippen LogP contribution is 2.36. The summed E-state index contributed by atoms with van der Waals surface area (Å²) in [7, 11) is 0. The van der Waals surface area contributed by atoms with Crippen molar-refractivity contribution in [2.45, 2.75) is 0 Å². The maximum Gasteiger partial charge on any atom is 0.342 e. The lowest BCUT2D eigenvalue weighted by Gasteiger charge is -2.14. The Morgan fingerprint density at radius 3 is 2.11 bits per heavy atom. The maximum atomic E-state index is 12.1. The largest absolute Gasteiger partial charge is 0.478 e. The van der Waals surface area contributed by atoms with Gasteiger partial charge in [-0.15, -0.1) is 0 Å². The third-order valence-corrected chi connectivity index (χ3v) is 4.33. The Labute approximate surface area is 157 Å². The molecule has 0 saturated heterocycles. The van der Waals surface area contributed by atoms with Gasteiger partial charge in [0.05, 0.1) is 0 Å². The molecule has 3 aromatic rings. The van der Waals surface area contributed by atoms with Gasteiger partial charge in [-0.25, -0.2) is 9.59 Å². The third kappa shape index (κ3) is 3.28. The summed E-state index contributed by atoms with van der Waals surface area (Å²) >= 11 is 6.33. The molecule has 1 aromatic heterocycles. The molecule has 0 spiro atoms. The topological polar surface area (TPSA) is 133 Å². The minimum Gasteiger partial charge on any atom is -0.478 e. The van der Waals surface area contributed by atoms with Crippen molar-refractivity contribution in [3.63, 3.8) is 0 Å². The molecule has 0 aliphatic rings. The summed E-state index contributed by atoms with van der Waals surface area (Å²) in [6.45, 7) is 0. The zero-order valence-electron chi connectivity index (χ0n) is 13.7. The predicted octanol–water partition coefficient (Wildman–Crippen LogP) is 3.34. The van der Waals surface area contributed by atoms with E-state index in [2.05, 4.69) is 4.98 Å². The van der Waals surface area contributed by atoms with E-state index in [1.165, 1.54) is 6.07 Å². The summed E-state index contributed by atoms with van der Waals surface area (Å²) in [5, 5.41) is 19.0. The molecule has 8 heteroatoms. The molecule has 0 fully saturated rings. The van der Waals surface area contributed by atoms with Crippen LogP contribution in [-0.2, 0) is 0 Å². The van der Waals surface area contributed by atoms with Gasteiger partial charge in [0.2, 0.25) is 0 Å². The molecule has 0 saturated carbocycles. The molecule has 2 aromatic carbocycles. The van der Waals surface area contributed by atoms with Crippen LogP contribution in [0.25, 0.3) is 22.3 Å². The number of hydrogen-bond acceptors (Lipinski definition) is 4. The van der Waals surface area contributed by atoms with Crippen molar-refractivity contribution in [2.24, 2.45) is 0 Å². The van der Waals surface area contributed by atoms with Crippen LogP contribution >= 0.6 is 11.6 Å². The fraction of sp³-hybridized carbons (Fsp3) is 0. The van der Waals surface area contributed by atoms with E-state index in [0.29, 0.717) is 0 Å². The SMILES string of the molecule is Nc1[nH]c(=O)c(C(=O)O)c(-c2ccc(-c3ccccc3)cc2Cl)c1C(=O)O. The summed E-state index contributed by atoms with van der Waals surface area (Å²) < 4.78 is 0. The van der Waals surface area contributed by atoms with Crippen LogP contribution in [0, 0.1) is 0 Å². The number of halogens is 1. The minimum absolute atomic E-state index is 0.0870. The number of aromatic amines is 1. The van der Waals surface area contributed by atoms with Crippen LogP contribution < -0.4 is 11.3 Å². The number of H-pyrrole nitrogens is 1. The second kappa shape index (κ2) is 6.97. The fourth-order valence-corrected chi connectivity index (χ4v) is 3.12. The second-order valence-electron chi connectivity index (χ2n) is 5.66. The van der Waals surface area contributed by atoms with Crippen molar-refractivity contribution < 1.29 is 19.8 Å². The van der Waals surface area contributed by atoms with E-state index in [1.54, 1.807) is 12.1 Å². The standard InChI is InChI=1S/C19H13ClN2O5/c20-12-8-10(9-4-2-1-3-5-9)6-7-11(12)13-14(18(24)25)16(21)22-17(23)15(13)19(26)27/h1-8H,(H,24,25)(H,26,27)(H3,21,22,23). The summed E-state index contributed by atoms with van der Waals surface area (Å²) in [4.78, 5) is 37.4. The number of benzene rings is 2. The Balaban J connectivity index is 2.32. The maximum absolute atomic E-state index is 12.1. The molecular weight excluding hydrogens is 372 g/mol. The summed E-state index contributed by atoms with van der Waals surface area (Å²) in [6.07, 6.45) is 0. The Hall–Kier alpha value is -3.58. The van der Waals surface area contributed by atoms with E-state index in [-0.39, 0.29) is 16.1 Å². The van der Waals surface area contributed by atoms with Crippen LogP contribution in [0.3, 0.4) is 0 Å². The molecule has 0 aliphatic heterocycles. The number of nitrogens with two attached hydrogens (primary N) is 1. The average molecular weight is 385 g/mol. The molecule has 0 amide bonds. The number of anilines is 1. The monoisotopic (exact) mass is 384 g/mol. The quantitative estimate of drug-likeness (QED) is 0.545. The van der Waals surface area contributed by atoms with Crippen molar-refractivity contribution in [1.82, 2.24) is 4.98 Å². The van der Waals surface area contributed by atoms with E-state index < -0.39 is 34.4 Å². The molecule has 0 atom stereocenters. The highest BCUT2D eigenvalue weighted by molar-refractivity contribution is 6.34. The highest BCUT2D eigenvalue weighted by atomic mass is 35.5. The molecule has 0 radical (unpaired) electrons. The van der Waals surface area contributed by atoms with Crippen molar-refractivity contribution in [2.75, 3.05) is 5.73 Å². The van der Waals surface area contributed by atoms with Gasteiger partial charge in [-0.2, -0.15) is 0 Å². The molecule has 0 unspecified atom stereocenters. The van der Waals surface area contributed by atoms with E-state index in [1.807, 2.05) is 30.3 Å². The van der Waals surface area contributed by atoms with Crippen LogP contribution in [0.1, 0.15) is 20.7 Å². The highest BCUT2D eigenvalue weighted by Gasteiger charge is 2.27. The van der Waals surface area contributed by atoms with Crippen LogP contribution in [0.5, 0.6) is 0 Å². The van der Waals surface area contributed by atoms with Gasteiger partial charge in [-0.3, -0.25) is 4.79 Å². The zero-order valence-corrected chi connectivity index (χ0v) is 14.4. The number of aromatic nitrogens is 1. The van der Waals surface area contributed by atoms with Gasteiger partial charge < -0.3 is 20.9 Å². The molecule has 3 rings (SSSR count). The molecule has 7 nitrogen and oxygen atoms in total. The average Bonchev–Trinajstić information content (AvgIpc) is 2.61. The predicted molar refractivity (Wildman–Crippen MR) is 101 cm³/mol. The third-order valence-electron chi connectivity index (χ3n) is 4.02. The molecule has 0 bridgehead atoms. The number of pyridine rings is 1. The fourth-order valence-electron chi connectivity index (χ4n) is 2.84. The lowest BCUT2D eigenvalue weighted by atomic mass is 9.93. The van der Waals surface area contributed by atoms with E-state index in [0.717, 1.165) is 11.1 Å². The minimum atomic E-state index is -1.59. The molecule has 27 heavy (non-hydrogen) atoms. The van der Waals surface area contributed by atoms with E-state index in [9.17, 15) is 24.6 Å². The summed E-state index contributed by atoms with van der Waals surface area (Å²) in [6, 6.07) is 14.0. The first-order valence-electron chi connectivity index (χ1n) is 7.69. The molecule has 5 N–H and O–H groups in total. The summed E-state index contributed by atoms with van der Waals surface area (Å²) in [5.41, 5.74) is 4.72. The second-order valence-corrected chi connectivity index (χ2v) is 6.07. The lowest BCUT2D eigenvalue weighted by molar-refractivity contribution is 0.0695. The van der Waals surface area contributed by atoms with Crippen LogP contribution in [0.2, 0.25) is 5.02 Å². The van der Waals surface area contributed by atoms with Crippen LogP contribution in [0.15, 0.2) is 53.3 Å². The number of nitrogen functional groups attached to an aromatic ring is 1. The first-order chi connectivity index (χ1) is 12.8. The van der Waals surface area contributed by atoms with Crippen molar-refractivity contribution in [3.05, 3.63) is 75.0 Å². The molecule has 136 valence electrons. The molecule has 0 aliphatic carbocycles. The van der Waals surface area contributed by atoms with Crippen molar-refractivity contribution >= 4 is 29.4 Å². The Morgan fingerprint density at radius 1 is 0.926 bits per heavy atom. The first kappa shape index (κ1) is 18.2. The van der Waals surface area contributed by atoms with E-state index in [4.69, 9.17) is 17.3 Å². The first-order valence-corrected chi connectivity index (χ1v) is 8.06. The van der Waals surface area contributed by atoms with Gasteiger partial charge in [0.1, 0.15) is 16.9 Å². The number of aromatic carboxylic acids is 2. The van der Waals surface area contributed by atoms with Gasteiger partial charge in [-0.1, -0.05) is 54.1 Å². The lowest BCUT2D eigenvalue weighted by Crippen LogP contribution is -2.24. The smallest absolute Gasteiger partial charge is 0.342 e. The van der Waals surface area contributed by atoms with Crippen molar-refractivity contribution in [3.8, 4) is 22.3 Å². The Bertz CT molecular complexity index is 1120. The van der Waals surface area contributed by atoms with Gasteiger partial charge >= 0.3 is 11.9 Å².